The standard InChI is InChI=1S/C12H23N3O4S/c1-9(8-20(2,18)19)14-11(16)12(10(13)15-17)6-4-3-5-7-12/h9,17H,3-8H2,1-2H3,(H2,13,15)(H,14,16). The summed E-state index contributed by atoms with van der Waals surface area (Å²) >= 11 is 0. The summed E-state index contributed by atoms with van der Waals surface area (Å²) in [4.78, 5) is 12.4. The second kappa shape index (κ2) is 6.43. The molecule has 8 heteroatoms. The van der Waals surface area contributed by atoms with Gasteiger partial charge in [-0.3, -0.25) is 4.79 Å². The Morgan fingerprint density at radius 3 is 2.40 bits per heavy atom. The van der Waals surface area contributed by atoms with Crippen LogP contribution in [0.5, 0.6) is 0 Å². The Bertz CT molecular complexity index is 481. The second-order valence-electron chi connectivity index (χ2n) is 5.59. The van der Waals surface area contributed by atoms with Crippen LogP contribution in [-0.4, -0.2) is 43.4 Å². The van der Waals surface area contributed by atoms with Crippen LogP contribution in [0.3, 0.4) is 0 Å². The average molecular weight is 305 g/mol. The van der Waals surface area contributed by atoms with Crippen molar-refractivity contribution in [3.63, 3.8) is 0 Å². The summed E-state index contributed by atoms with van der Waals surface area (Å²) in [5.74, 6) is -0.588. The normalized spacial score (nSPS) is 21.2. The number of nitrogens with two attached hydrogens (primary N) is 1. The quantitative estimate of drug-likeness (QED) is 0.290. The van der Waals surface area contributed by atoms with Gasteiger partial charge in [0.05, 0.1) is 5.75 Å². The lowest BCUT2D eigenvalue weighted by atomic mass is 9.72. The first kappa shape index (κ1) is 16.7. The Morgan fingerprint density at radius 1 is 1.40 bits per heavy atom. The fraction of sp³-hybridized carbons (Fsp3) is 0.833. The maximum absolute atomic E-state index is 12.4. The molecular formula is C12H23N3O4S. The highest BCUT2D eigenvalue weighted by Crippen LogP contribution is 2.36. The molecule has 7 nitrogen and oxygen atoms in total. The minimum Gasteiger partial charge on any atom is -0.409 e. The van der Waals surface area contributed by atoms with E-state index in [4.69, 9.17) is 10.9 Å². The summed E-state index contributed by atoms with van der Waals surface area (Å²) in [6.45, 7) is 1.63. The number of sulfone groups is 1. The van der Waals surface area contributed by atoms with Crippen LogP contribution in [0.1, 0.15) is 39.0 Å². The zero-order valence-electron chi connectivity index (χ0n) is 11.9. The molecule has 0 aromatic heterocycles. The van der Waals surface area contributed by atoms with E-state index in [1.54, 1.807) is 6.92 Å². The van der Waals surface area contributed by atoms with Gasteiger partial charge in [0, 0.05) is 12.3 Å². The van der Waals surface area contributed by atoms with Crippen molar-refractivity contribution in [1.29, 1.82) is 0 Å². The summed E-state index contributed by atoms with van der Waals surface area (Å²) in [6, 6.07) is -0.511. The average Bonchev–Trinajstić information content (AvgIpc) is 2.36. The van der Waals surface area contributed by atoms with Crippen LogP contribution in [0.15, 0.2) is 5.16 Å². The number of nitrogens with zero attached hydrogens (tertiary/aromatic N) is 1. The summed E-state index contributed by atoms with van der Waals surface area (Å²) < 4.78 is 22.5. The van der Waals surface area contributed by atoms with Gasteiger partial charge in [-0.2, -0.15) is 0 Å². The van der Waals surface area contributed by atoms with Crippen molar-refractivity contribution >= 4 is 21.6 Å². The van der Waals surface area contributed by atoms with E-state index in [0.29, 0.717) is 12.8 Å². The van der Waals surface area contributed by atoms with Crippen LogP contribution in [-0.2, 0) is 14.6 Å². The molecule has 0 aromatic rings. The van der Waals surface area contributed by atoms with E-state index in [-0.39, 0.29) is 17.5 Å². The van der Waals surface area contributed by atoms with Crippen molar-refractivity contribution in [1.82, 2.24) is 5.32 Å². The third-order valence-electron chi connectivity index (χ3n) is 3.67. The minimum atomic E-state index is -3.17. The van der Waals surface area contributed by atoms with Gasteiger partial charge in [-0.15, -0.1) is 0 Å². The third kappa shape index (κ3) is 4.09. The van der Waals surface area contributed by atoms with E-state index in [2.05, 4.69) is 10.5 Å². The van der Waals surface area contributed by atoms with E-state index in [1.165, 1.54) is 0 Å². The zero-order valence-corrected chi connectivity index (χ0v) is 12.7. The fourth-order valence-electron chi connectivity index (χ4n) is 2.71. The molecule has 1 saturated carbocycles. The van der Waals surface area contributed by atoms with Gasteiger partial charge in [0.2, 0.25) is 5.91 Å². The first-order valence-electron chi connectivity index (χ1n) is 6.68. The number of carbonyl (C=O) groups is 1. The summed E-state index contributed by atoms with van der Waals surface area (Å²) in [6.07, 6.45) is 4.80. The molecule has 0 aliphatic heterocycles. The molecule has 0 bridgehead atoms. The lowest BCUT2D eigenvalue weighted by Gasteiger charge is -2.35. The van der Waals surface area contributed by atoms with Gasteiger partial charge in [-0.1, -0.05) is 24.4 Å². The maximum Gasteiger partial charge on any atom is 0.234 e. The van der Waals surface area contributed by atoms with Gasteiger partial charge in [0.25, 0.3) is 0 Å². The van der Waals surface area contributed by atoms with Crippen LogP contribution in [0.2, 0.25) is 0 Å². The molecule has 1 rings (SSSR count). The molecule has 0 heterocycles. The van der Waals surface area contributed by atoms with Crippen molar-refractivity contribution in [3.8, 4) is 0 Å². The number of hydrogen-bond acceptors (Lipinski definition) is 5. The molecule has 1 aliphatic rings. The number of hydrogen-bond donors (Lipinski definition) is 3. The number of amides is 1. The van der Waals surface area contributed by atoms with E-state index < -0.39 is 21.3 Å². The van der Waals surface area contributed by atoms with E-state index in [0.717, 1.165) is 25.5 Å². The van der Waals surface area contributed by atoms with Gasteiger partial charge in [-0.05, 0) is 19.8 Å². The highest BCUT2D eigenvalue weighted by Gasteiger charge is 2.44. The molecule has 1 fully saturated rings. The first-order valence-corrected chi connectivity index (χ1v) is 8.74. The lowest BCUT2D eigenvalue weighted by Crippen LogP contribution is -2.53. The predicted molar refractivity (Wildman–Crippen MR) is 76.2 cm³/mol. The smallest absolute Gasteiger partial charge is 0.234 e. The van der Waals surface area contributed by atoms with Crippen LogP contribution >= 0.6 is 0 Å². The zero-order chi connectivity index (χ0) is 15.4. The van der Waals surface area contributed by atoms with Gasteiger partial charge in [-0.25, -0.2) is 8.42 Å². The van der Waals surface area contributed by atoms with Crippen molar-refractivity contribution < 1.29 is 18.4 Å². The van der Waals surface area contributed by atoms with Gasteiger partial charge in [0.1, 0.15) is 15.3 Å². The van der Waals surface area contributed by atoms with Crippen LogP contribution < -0.4 is 11.1 Å². The molecule has 0 saturated heterocycles. The van der Waals surface area contributed by atoms with E-state index in [1.807, 2.05) is 0 Å². The van der Waals surface area contributed by atoms with Gasteiger partial charge >= 0.3 is 0 Å². The van der Waals surface area contributed by atoms with E-state index >= 15 is 0 Å². The monoisotopic (exact) mass is 305 g/mol. The highest BCUT2D eigenvalue weighted by molar-refractivity contribution is 7.90. The second-order valence-corrected chi connectivity index (χ2v) is 7.78. The Balaban J connectivity index is 2.85. The van der Waals surface area contributed by atoms with Crippen molar-refractivity contribution in [2.24, 2.45) is 16.3 Å². The van der Waals surface area contributed by atoms with Crippen molar-refractivity contribution in [2.75, 3.05) is 12.0 Å². The number of oxime groups is 1. The number of amidine groups is 1. The fourth-order valence-corrected chi connectivity index (χ4v) is 3.70. The molecule has 4 N–H and O–H groups in total. The Labute approximate surface area is 119 Å². The molecule has 0 radical (unpaired) electrons. The lowest BCUT2D eigenvalue weighted by molar-refractivity contribution is -0.129. The molecule has 1 atom stereocenters. The minimum absolute atomic E-state index is 0.0961. The molecule has 116 valence electrons. The summed E-state index contributed by atoms with van der Waals surface area (Å²) in [5.41, 5.74) is 4.69. The predicted octanol–water partition coefficient (Wildman–Crippen LogP) is 0.233. The highest BCUT2D eigenvalue weighted by atomic mass is 32.2. The SMILES string of the molecule is CC(CS(C)(=O)=O)NC(=O)C1(C(N)=NO)CCCCC1. The molecule has 0 spiro atoms. The molecule has 0 aromatic carbocycles. The topological polar surface area (TPSA) is 122 Å². The van der Waals surface area contributed by atoms with Crippen LogP contribution in [0, 0.1) is 5.41 Å². The number of carbonyl (C=O) groups excluding carboxylic acids is 1. The molecular weight excluding hydrogens is 282 g/mol. The molecule has 1 unspecified atom stereocenters. The molecule has 1 aliphatic carbocycles. The van der Waals surface area contributed by atoms with E-state index in [9.17, 15) is 13.2 Å². The van der Waals surface area contributed by atoms with Crippen LogP contribution in [0.25, 0.3) is 0 Å². The third-order valence-corrected chi connectivity index (χ3v) is 4.78. The Kier molecular flexibility index (Phi) is 5.38. The summed E-state index contributed by atoms with van der Waals surface area (Å²) in [5, 5.41) is 14.6. The van der Waals surface area contributed by atoms with Gasteiger partial charge in [0.15, 0.2) is 5.84 Å². The maximum atomic E-state index is 12.4. The Morgan fingerprint density at radius 2 is 1.95 bits per heavy atom. The van der Waals surface area contributed by atoms with Crippen LogP contribution in [0.4, 0.5) is 0 Å². The summed E-state index contributed by atoms with van der Waals surface area (Å²) in [7, 11) is -3.17. The largest absolute Gasteiger partial charge is 0.409 e. The van der Waals surface area contributed by atoms with Crippen molar-refractivity contribution in [2.45, 2.75) is 45.1 Å². The molecule has 1 amide bonds. The Hall–Kier alpha value is -1.31. The van der Waals surface area contributed by atoms with Crippen molar-refractivity contribution in [3.05, 3.63) is 0 Å². The molecule has 20 heavy (non-hydrogen) atoms. The van der Waals surface area contributed by atoms with Gasteiger partial charge < -0.3 is 16.3 Å². The number of nitrogens with one attached hydrogen (secondary N) is 1. The first-order chi connectivity index (χ1) is 9.21. The number of rotatable bonds is 5.